The van der Waals surface area contributed by atoms with Crippen molar-refractivity contribution in [3.05, 3.63) is 113 Å². The van der Waals surface area contributed by atoms with Crippen LogP contribution in [-0.2, 0) is 31.9 Å². The molecule has 8 heteroatoms. The molecule has 51 heavy (non-hydrogen) atoms. The van der Waals surface area contributed by atoms with Crippen molar-refractivity contribution in [2.45, 2.75) is 106 Å². The molecule has 6 rings (SSSR count). The molecule has 0 fully saturated rings. The third-order valence-corrected chi connectivity index (χ3v) is 9.05. The van der Waals surface area contributed by atoms with Crippen LogP contribution in [-0.4, -0.2) is 24.1 Å². The van der Waals surface area contributed by atoms with Gasteiger partial charge in [0.25, 0.3) is 0 Å². The van der Waals surface area contributed by atoms with Crippen molar-refractivity contribution >= 4 is 5.65 Å². The van der Waals surface area contributed by atoms with Crippen LogP contribution < -0.4 is 9.47 Å². The van der Waals surface area contributed by atoms with Gasteiger partial charge < -0.3 is 9.47 Å². The topological polar surface area (TPSA) is 66.5 Å². The van der Waals surface area contributed by atoms with Crippen LogP contribution in [0.5, 0.6) is 23.3 Å². The number of ether oxygens (including phenoxy) is 2. The van der Waals surface area contributed by atoms with E-state index < -0.39 is 0 Å². The molecule has 0 aliphatic rings. The van der Waals surface area contributed by atoms with Crippen LogP contribution in [0, 0.1) is 26.0 Å². The number of hydrogen-bond acceptors (Lipinski definition) is 5. The molecule has 0 atom stereocenters. The Morgan fingerprint density at radius 1 is 0.745 bits per heavy atom. The zero-order valence-corrected chi connectivity index (χ0v) is 34.1. The minimum absolute atomic E-state index is 0. The van der Waals surface area contributed by atoms with E-state index in [0.717, 1.165) is 56.4 Å². The van der Waals surface area contributed by atoms with E-state index in [4.69, 9.17) is 19.6 Å². The number of fused-ring (bicyclic) bond motifs is 1. The molecule has 0 bridgehead atoms. The van der Waals surface area contributed by atoms with E-state index in [0.29, 0.717) is 23.3 Å². The van der Waals surface area contributed by atoms with Gasteiger partial charge in [-0.1, -0.05) is 99.6 Å². The summed E-state index contributed by atoms with van der Waals surface area (Å²) in [6.07, 6.45) is 1.79. The largest absolute Gasteiger partial charge is 2.00 e. The third kappa shape index (κ3) is 7.84. The number of aryl methyl sites for hydroxylation is 1. The van der Waals surface area contributed by atoms with Crippen LogP contribution in [0.2, 0.25) is 0 Å². The van der Waals surface area contributed by atoms with E-state index in [1.54, 1.807) is 6.20 Å². The van der Waals surface area contributed by atoms with Crippen molar-refractivity contribution in [2.24, 2.45) is 0 Å². The fourth-order valence-electron chi connectivity index (χ4n) is 6.38. The normalized spacial score (nSPS) is 12.1. The van der Waals surface area contributed by atoms with Crippen LogP contribution >= 0.6 is 0 Å². The minimum Gasteiger partial charge on any atom is -0.521 e. The van der Waals surface area contributed by atoms with Gasteiger partial charge in [-0.25, -0.2) is 4.98 Å². The molecule has 4 aromatic heterocycles. The molecule has 268 valence electrons. The molecule has 0 spiro atoms. The fourth-order valence-corrected chi connectivity index (χ4v) is 6.38. The second kappa shape index (κ2) is 14.4. The molecule has 0 radical (unpaired) electrons. The van der Waals surface area contributed by atoms with Crippen molar-refractivity contribution in [2.75, 3.05) is 0 Å². The molecule has 0 saturated carbocycles. The summed E-state index contributed by atoms with van der Waals surface area (Å²) in [4.78, 5) is 9.68. The SMILES string of the molecule is Cc1nn(-c2[c-]c(Oc3[c-]c(Oc4cc(C(C)(C)C)ccn4)n4c(C(C)C)c(C(C)C)nc4c3)cc(C(C)(C)C)c2)c(C)c1-c1ccccc1.[Pt+2]. The van der Waals surface area contributed by atoms with Crippen LogP contribution in [0.15, 0.2) is 66.9 Å². The van der Waals surface area contributed by atoms with E-state index >= 15 is 0 Å². The molecule has 7 nitrogen and oxygen atoms in total. The summed E-state index contributed by atoms with van der Waals surface area (Å²) in [5.74, 6) is 2.40. The average Bonchev–Trinajstić information content (AvgIpc) is 3.58. The van der Waals surface area contributed by atoms with Crippen molar-refractivity contribution in [3.8, 4) is 40.1 Å². The predicted octanol–water partition coefficient (Wildman–Crippen LogP) is 11.2. The molecule has 6 aromatic rings. The van der Waals surface area contributed by atoms with Gasteiger partial charge in [-0.05, 0) is 65.1 Å². The van der Waals surface area contributed by atoms with Crippen molar-refractivity contribution < 1.29 is 30.5 Å². The molecular formula is C43H49N5O2Pt. The molecule has 0 saturated heterocycles. The number of pyridine rings is 2. The van der Waals surface area contributed by atoms with E-state index in [2.05, 4.69) is 135 Å². The zero-order chi connectivity index (χ0) is 36.1. The average molecular weight is 863 g/mol. The van der Waals surface area contributed by atoms with Crippen LogP contribution in [0.3, 0.4) is 0 Å². The number of hydrogen-bond donors (Lipinski definition) is 0. The maximum absolute atomic E-state index is 6.67. The van der Waals surface area contributed by atoms with E-state index in [9.17, 15) is 0 Å². The predicted molar refractivity (Wildman–Crippen MR) is 201 cm³/mol. The Balaban J connectivity index is 0.00000504. The van der Waals surface area contributed by atoms with Gasteiger partial charge in [-0.3, -0.25) is 14.1 Å². The van der Waals surface area contributed by atoms with Gasteiger partial charge in [-0.2, -0.15) is 5.10 Å². The summed E-state index contributed by atoms with van der Waals surface area (Å²) in [5, 5.41) is 4.98. The fraction of sp³-hybridized carbons (Fsp3) is 0.372. The molecular weight excluding hydrogens is 814 g/mol. The second-order valence-electron chi connectivity index (χ2n) is 15.9. The smallest absolute Gasteiger partial charge is 0.521 e. The van der Waals surface area contributed by atoms with Gasteiger partial charge in [0.2, 0.25) is 5.88 Å². The maximum atomic E-state index is 6.67. The quantitative estimate of drug-likeness (QED) is 0.143. The van der Waals surface area contributed by atoms with Crippen LogP contribution in [0.1, 0.15) is 115 Å². The van der Waals surface area contributed by atoms with Gasteiger partial charge in [0.05, 0.1) is 17.0 Å². The number of benzene rings is 2. The summed E-state index contributed by atoms with van der Waals surface area (Å²) < 4.78 is 17.3. The number of rotatable bonds is 8. The second-order valence-corrected chi connectivity index (χ2v) is 15.9. The Bertz CT molecular complexity index is 2170. The summed E-state index contributed by atoms with van der Waals surface area (Å²) in [6, 6.07) is 27.5. The van der Waals surface area contributed by atoms with E-state index in [-0.39, 0.29) is 43.7 Å². The van der Waals surface area contributed by atoms with Gasteiger partial charge in [0, 0.05) is 35.0 Å². The Kier molecular flexibility index (Phi) is 10.8. The molecule has 0 aliphatic carbocycles. The molecule has 4 heterocycles. The summed E-state index contributed by atoms with van der Waals surface area (Å²) >= 11 is 0. The molecule has 0 amide bonds. The standard InChI is InChI=1S/C43H49N5O2.Pt/c1-26(2)40-41(27(3)4)47-36(45-40)24-35(25-38(47)50-37-22-31(18-19-44-37)42(7,8)9)49-34-21-32(43(10,11)12)20-33(23-34)48-29(6)39(28(5)46-48)30-16-14-13-15-17-30;/h13-22,24,26-27H,1-12H3;/q-2;+2. The Hall–Kier alpha value is -4.22. The van der Waals surface area contributed by atoms with Crippen LogP contribution in [0.25, 0.3) is 22.5 Å². The van der Waals surface area contributed by atoms with Crippen molar-refractivity contribution in [3.63, 3.8) is 0 Å². The molecule has 2 aromatic carbocycles. The van der Waals surface area contributed by atoms with Crippen molar-refractivity contribution in [1.29, 1.82) is 0 Å². The Morgan fingerprint density at radius 2 is 1.41 bits per heavy atom. The zero-order valence-electron chi connectivity index (χ0n) is 31.9. The first-order valence-corrected chi connectivity index (χ1v) is 17.5. The van der Waals surface area contributed by atoms with E-state index in [1.165, 1.54) is 0 Å². The van der Waals surface area contributed by atoms with E-state index in [1.807, 2.05) is 35.0 Å². The van der Waals surface area contributed by atoms with Crippen molar-refractivity contribution in [1.82, 2.24) is 24.1 Å². The number of aromatic nitrogens is 5. The summed E-state index contributed by atoms with van der Waals surface area (Å²) in [7, 11) is 0. The first-order chi connectivity index (χ1) is 23.5. The first-order valence-electron chi connectivity index (χ1n) is 17.5. The molecule has 0 unspecified atom stereocenters. The summed E-state index contributed by atoms with van der Waals surface area (Å²) in [6.45, 7) is 26.0. The number of imidazole rings is 1. The third-order valence-electron chi connectivity index (χ3n) is 9.05. The van der Waals surface area contributed by atoms with Gasteiger partial charge in [0.15, 0.2) is 0 Å². The van der Waals surface area contributed by atoms with Gasteiger partial charge in [0.1, 0.15) is 5.88 Å². The number of nitrogens with zero attached hydrogens (tertiary/aromatic N) is 5. The van der Waals surface area contributed by atoms with Gasteiger partial charge in [-0.15, -0.1) is 35.9 Å². The van der Waals surface area contributed by atoms with Gasteiger partial charge >= 0.3 is 21.1 Å². The van der Waals surface area contributed by atoms with Crippen LogP contribution in [0.4, 0.5) is 0 Å². The minimum atomic E-state index is -0.159. The monoisotopic (exact) mass is 862 g/mol. The Morgan fingerprint density at radius 3 is 2.04 bits per heavy atom. The summed E-state index contributed by atoms with van der Waals surface area (Å²) in [5.41, 5.74) is 9.89. The molecule has 0 aliphatic heterocycles. The molecule has 0 N–H and O–H groups in total. The Labute approximate surface area is 317 Å². The first kappa shape index (κ1) is 38.0. The maximum Gasteiger partial charge on any atom is 2.00 e.